The molecule has 1 aromatic carbocycles. The summed E-state index contributed by atoms with van der Waals surface area (Å²) in [6.45, 7) is 4.83. The SMILES string of the molecule is CNC(c1ccc(OC)c(Br)c1)C1CCCCC1(C)C. The van der Waals surface area contributed by atoms with Crippen LogP contribution in [0.25, 0.3) is 0 Å². The van der Waals surface area contributed by atoms with Gasteiger partial charge in [-0.1, -0.05) is 32.8 Å². The molecule has 0 bridgehead atoms. The Hall–Kier alpha value is -0.540. The number of methoxy groups -OCH3 is 1. The van der Waals surface area contributed by atoms with Crippen LogP contribution in [0.15, 0.2) is 22.7 Å². The zero-order valence-electron chi connectivity index (χ0n) is 13.0. The van der Waals surface area contributed by atoms with E-state index in [4.69, 9.17) is 4.74 Å². The average molecular weight is 340 g/mol. The molecule has 2 unspecified atom stereocenters. The summed E-state index contributed by atoms with van der Waals surface area (Å²) in [6.07, 6.45) is 5.35. The fourth-order valence-corrected chi connectivity index (χ4v) is 4.17. The number of hydrogen-bond acceptors (Lipinski definition) is 2. The summed E-state index contributed by atoms with van der Waals surface area (Å²) in [5, 5.41) is 3.55. The second-order valence-electron chi connectivity index (χ2n) is 6.50. The summed E-state index contributed by atoms with van der Waals surface area (Å²) >= 11 is 3.60. The Morgan fingerprint density at radius 3 is 2.65 bits per heavy atom. The van der Waals surface area contributed by atoms with E-state index in [1.54, 1.807) is 7.11 Å². The van der Waals surface area contributed by atoms with Crippen LogP contribution >= 0.6 is 15.9 Å². The quantitative estimate of drug-likeness (QED) is 0.839. The van der Waals surface area contributed by atoms with Crippen LogP contribution < -0.4 is 10.1 Å². The van der Waals surface area contributed by atoms with Crippen LogP contribution in [0.1, 0.15) is 51.1 Å². The first-order valence-electron chi connectivity index (χ1n) is 7.50. The Morgan fingerprint density at radius 2 is 2.10 bits per heavy atom. The zero-order chi connectivity index (χ0) is 14.8. The lowest BCUT2D eigenvalue weighted by molar-refractivity contribution is 0.101. The molecule has 20 heavy (non-hydrogen) atoms. The minimum atomic E-state index is 0.401. The zero-order valence-corrected chi connectivity index (χ0v) is 14.6. The number of nitrogens with one attached hydrogen (secondary N) is 1. The van der Waals surface area contributed by atoms with E-state index in [-0.39, 0.29) is 0 Å². The summed E-state index contributed by atoms with van der Waals surface area (Å²) in [4.78, 5) is 0. The van der Waals surface area contributed by atoms with Crippen molar-refractivity contribution in [3.8, 4) is 5.75 Å². The Bertz CT molecular complexity index is 458. The van der Waals surface area contributed by atoms with Crippen molar-refractivity contribution < 1.29 is 4.74 Å². The topological polar surface area (TPSA) is 21.3 Å². The first-order valence-corrected chi connectivity index (χ1v) is 8.29. The molecule has 0 saturated heterocycles. The highest BCUT2D eigenvalue weighted by molar-refractivity contribution is 9.10. The van der Waals surface area contributed by atoms with Crippen molar-refractivity contribution in [2.75, 3.05) is 14.2 Å². The third-order valence-corrected chi connectivity index (χ3v) is 5.46. The molecule has 0 heterocycles. The number of rotatable bonds is 4. The van der Waals surface area contributed by atoms with E-state index in [1.807, 2.05) is 0 Å². The molecule has 1 aromatic rings. The molecule has 0 spiro atoms. The minimum absolute atomic E-state index is 0.401. The Kier molecular flexibility index (Phi) is 5.14. The van der Waals surface area contributed by atoms with Crippen molar-refractivity contribution in [2.24, 2.45) is 11.3 Å². The van der Waals surface area contributed by atoms with Gasteiger partial charge in [0.1, 0.15) is 5.75 Å². The molecule has 2 nitrogen and oxygen atoms in total. The average Bonchev–Trinajstić information content (AvgIpc) is 2.41. The van der Waals surface area contributed by atoms with Crippen molar-refractivity contribution in [1.82, 2.24) is 5.32 Å². The van der Waals surface area contributed by atoms with E-state index < -0.39 is 0 Å². The predicted molar refractivity (Wildman–Crippen MR) is 88.2 cm³/mol. The maximum atomic E-state index is 5.33. The molecule has 3 heteroatoms. The largest absolute Gasteiger partial charge is 0.496 e. The molecule has 1 aliphatic rings. The highest BCUT2D eigenvalue weighted by Gasteiger charge is 2.37. The summed E-state index contributed by atoms with van der Waals surface area (Å²) < 4.78 is 6.37. The molecule has 0 amide bonds. The van der Waals surface area contributed by atoms with Gasteiger partial charge in [-0.2, -0.15) is 0 Å². The highest BCUT2D eigenvalue weighted by atomic mass is 79.9. The third kappa shape index (κ3) is 3.20. The molecule has 2 atom stereocenters. The molecule has 0 radical (unpaired) electrons. The molecule has 0 aromatic heterocycles. The summed E-state index contributed by atoms with van der Waals surface area (Å²) in [7, 11) is 3.78. The lowest BCUT2D eigenvalue weighted by Gasteiger charge is -2.43. The van der Waals surface area contributed by atoms with Crippen LogP contribution in [0, 0.1) is 11.3 Å². The number of halogens is 1. The second kappa shape index (κ2) is 6.48. The van der Waals surface area contributed by atoms with Crippen molar-refractivity contribution in [3.63, 3.8) is 0 Å². The van der Waals surface area contributed by atoms with Gasteiger partial charge in [0.15, 0.2) is 0 Å². The molecule has 2 rings (SSSR count). The monoisotopic (exact) mass is 339 g/mol. The molecule has 0 aliphatic heterocycles. The van der Waals surface area contributed by atoms with Gasteiger partial charge in [-0.25, -0.2) is 0 Å². The standard InChI is InChI=1S/C17H26BrNO/c1-17(2)10-6-5-7-13(17)16(19-3)12-8-9-15(20-4)14(18)11-12/h8-9,11,13,16,19H,5-7,10H2,1-4H3. The minimum Gasteiger partial charge on any atom is -0.496 e. The van der Waals surface area contributed by atoms with Crippen molar-refractivity contribution in [3.05, 3.63) is 28.2 Å². The molecular weight excluding hydrogens is 314 g/mol. The predicted octanol–water partition coefficient (Wildman–Crippen LogP) is 4.93. The van der Waals surface area contributed by atoms with Crippen LogP contribution in [0.4, 0.5) is 0 Å². The normalized spacial score (nSPS) is 23.4. The van der Waals surface area contributed by atoms with E-state index in [0.717, 1.165) is 10.2 Å². The van der Waals surface area contributed by atoms with E-state index in [2.05, 4.69) is 60.3 Å². The van der Waals surface area contributed by atoms with Gasteiger partial charge in [-0.3, -0.25) is 0 Å². The van der Waals surface area contributed by atoms with Crippen molar-refractivity contribution in [1.29, 1.82) is 0 Å². The van der Waals surface area contributed by atoms with Crippen molar-refractivity contribution >= 4 is 15.9 Å². The van der Waals surface area contributed by atoms with Gasteiger partial charge in [0.2, 0.25) is 0 Å². The lowest BCUT2D eigenvalue weighted by atomic mass is 9.65. The fourth-order valence-electron chi connectivity index (χ4n) is 3.62. The number of benzene rings is 1. The number of hydrogen-bond donors (Lipinski definition) is 1. The van der Waals surface area contributed by atoms with Gasteiger partial charge in [-0.05, 0) is 64.8 Å². The molecule has 112 valence electrons. The Labute approximate surface area is 131 Å². The van der Waals surface area contributed by atoms with E-state index in [9.17, 15) is 0 Å². The summed E-state index contributed by atoms with van der Waals surface area (Å²) in [5.41, 5.74) is 1.75. The van der Waals surface area contributed by atoms with Crippen LogP contribution in [-0.4, -0.2) is 14.2 Å². The van der Waals surface area contributed by atoms with E-state index >= 15 is 0 Å². The molecular formula is C17H26BrNO. The fraction of sp³-hybridized carbons (Fsp3) is 0.647. The van der Waals surface area contributed by atoms with Gasteiger partial charge in [0.25, 0.3) is 0 Å². The molecule has 1 aliphatic carbocycles. The first-order chi connectivity index (χ1) is 9.49. The summed E-state index contributed by atoms with van der Waals surface area (Å²) in [6, 6.07) is 6.85. The number of ether oxygens (including phenoxy) is 1. The van der Waals surface area contributed by atoms with Crippen LogP contribution in [0.5, 0.6) is 5.75 Å². The first kappa shape index (κ1) is 15.8. The second-order valence-corrected chi connectivity index (χ2v) is 7.36. The maximum absolute atomic E-state index is 5.33. The van der Waals surface area contributed by atoms with Gasteiger partial charge >= 0.3 is 0 Å². The summed E-state index contributed by atoms with van der Waals surface area (Å²) in [5.74, 6) is 1.58. The van der Waals surface area contributed by atoms with Crippen LogP contribution in [-0.2, 0) is 0 Å². The van der Waals surface area contributed by atoms with Gasteiger partial charge in [0, 0.05) is 6.04 Å². The lowest BCUT2D eigenvalue weighted by Crippen LogP contribution is -2.37. The maximum Gasteiger partial charge on any atom is 0.133 e. The van der Waals surface area contributed by atoms with Crippen LogP contribution in [0.2, 0.25) is 0 Å². The molecule has 1 N–H and O–H groups in total. The van der Waals surface area contributed by atoms with Gasteiger partial charge in [0.05, 0.1) is 11.6 Å². The Balaban J connectivity index is 2.29. The third-order valence-electron chi connectivity index (χ3n) is 4.84. The molecule has 1 saturated carbocycles. The van der Waals surface area contributed by atoms with E-state index in [1.165, 1.54) is 31.2 Å². The highest BCUT2D eigenvalue weighted by Crippen LogP contribution is 2.47. The van der Waals surface area contributed by atoms with E-state index in [0.29, 0.717) is 17.4 Å². The smallest absolute Gasteiger partial charge is 0.133 e. The van der Waals surface area contributed by atoms with Crippen molar-refractivity contribution in [2.45, 2.75) is 45.6 Å². The van der Waals surface area contributed by atoms with Gasteiger partial charge < -0.3 is 10.1 Å². The van der Waals surface area contributed by atoms with Crippen LogP contribution in [0.3, 0.4) is 0 Å². The Morgan fingerprint density at radius 1 is 1.35 bits per heavy atom. The molecule has 1 fully saturated rings. The van der Waals surface area contributed by atoms with Gasteiger partial charge in [-0.15, -0.1) is 0 Å².